The minimum atomic E-state index is -0.976. The SMILES string of the molecule is CC(C)c1nc(CCOc2ccccc2C(=O)O)cs1. The predicted molar refractivity (Wildman–Crippen MR) is 78.8 cm³/mol. The number of ether oxygens (including phenoxy) is 1. The summed E-state index contributed by atoms with van der Waals surface area (Å²) in [7, 11) is 0. The highest BCUT2D eigenvalue weighted by atomic mass is 32.1. The third-order valence-electron chi connectivity index (χ3n) is 2.80. The van der Waals surface area contributed by atoms with Crippen LogP contribution in [0.2, 0.25) is 0 Å². The van der Waals surface area contributed by atoms with Crippen molar-refractivity contribution in [1.82, 2.24) is 4.98 Å². The zero-order valence-electron chi connectivity index (χ0n) is 11.5. The smallest absolute Gasteiger partial charge is 0.339 e. The Morgan fingerprint density at radius 3 is 2.80 bits per heavy atom. The van der Waals surface area contributed by atoms with Gasteiger partial charge in [-0.2, -0.15) is 0 Å². The Kier molecular flexibility index (Phi) is 4.74. The lowest BCUT2D eigenvalue weighted by Crippen LogP contribution is -2.06. The lowest BCUT2D eigenvalue weighted by Gasteiger charge is -2.07. The summed E-state index contributed by atoms with van der Waals surface area (Å²) >= 11 is 1.65. The zero-order valence-corrected chi connectivity index (χ0v) is 12.3. The number of aromatic carboxylic acids is 1. The van der Waals surface area contributed by atoms with Crippen LogP contribution in [0.3, 0.4) is 0 Å². The summed E-state index contributed by atoms with van der Waals surface area (Å²) in [5.41, 5.74) is 1.18. The lowest BCUT2D eigenvalue weighted by molar-refractivity contribution is 0.0692. The Labute approximate surface area is 122 Å². The quantitative estimate of drug-likeness (QED) is 0.883. The summed E-state index contributed by atoms with van der Waals surface area (Å²) in [6.07, 6.45) is 0.678. The van der Waals surface area contributed by atoms with E-state index in [4.69, 9.17) is 9.84 Å². The minimum absolute atomic E-state index is 0.189. The van der Waals surface area contributed by atoms with Gasteiger partial charge < -0.3 is 9.84 Å². The van der Waals surface area contributed by atoms with Gasteiger partial charge in [0, 0.05) is 17.7 Å². The molecule has 20 heavy (non-hydrogen) atoms. The molecular weight excluding hydrogens is 274 g/mol. The third kappa shape index (κ3) is 3.57. The maximum atomic E-state index is 11.0. The van der Waals surface area contributed by atoms with Crippen molar-refractivity contribution in [2.24, 2.45) is 0 Å². The molecule has 2 aromatic rings. The topological polar surface area (TPSA) is 59.4 Å². The summed E-state index contributed by atoms with van der Waals surface area (Å²) in [6, 6.07) is 6.66. The Balaban J connectivity index is 1.94. The molecule has 0 aliphatic carbocycles. The average molecular weight is 291 g/mol. The number of thiazole rings is 1. The number of carbonyl (C=O) groups is 1. The van der Waals surface area contributed by atoms with Crippen molar-refractivity contribution < 1.29 is 14.6 Å². The van der Waals surface area contributed by atoms with Crippen LogP contribution < -0.4 is 4.74 Å². The molecule has 0 unspecified atom stereocenters. The van der Waals surface area contributed by atoms with Crippen LogP contribution in [-0.4, -0.2) is 22.7 Å². The van der Waals surface area contributed by atoms with E-state index in [0.717, 1.165) is 10.7 Å². The molecule has 0 aliphatic heterocycles. The lowest BCUT2D eigenvalue weighted by atomic mass is 10.2. The van der Waals surface area contributed by atoms with Gasteiger partial charge in [0.2, 0.25) is 0 Å². The van der Waals surface area contributed by atoms with E-state index in [2.05, 4.69) is 18.8 Å². The second-order valence-corrected chi connectivity index (χ2v) is 5.62. The number of carboxylic acid groups (broad SMARTS) is 1. The van der Waals surface area contributed by atoms with Crippen molar-refractivity contribution in [3.63, 3.8) is 0 Å². The number of benzene rings is 1. The molecule has 0 atom stereocenters. The number of para-hydroxylation sites is 1. The fourth-order valence-electron chi connectivity index (χ4n) is 1.74. The van der Waals surface area contributed by atoms with E-state index < -0.39 is 5.97 Å². The molecule has 1 aromatic carbocycles. The Bertz CT molecular complexity index is 592. The number of carboxylic acids is 1. The molecule has 5 heteroatoms. The summed E-state index contributed by atoms with van der Waals surface area (Å²) < 4.78 is 5.56. The summed E-state index contributed by atoms with van der Waals surface area (Å²) in [6.45, 7) is 4.65. The van der Waals surface area contributed by atoms with E-state index in [0.29, 0.717) is 24.7 Å². The van der Waals surface area contributed by atoms with E-state index >= 15 is 0 Å². The molecule has 1 aromatic heterocycles. The normalized spacial score (nSPS) is 10.8. The number of rotatable bonds is 6. The molecule has 106 valence electrons. The van der Waals surface area contributed by atoms with Gasteiger partial charge in [-0.05, 0) is 12.1 Å². The fourth-order valence-corrected chi connectivity index (χ4v) is 2.61. The van der Waals surface area contributed by atoms with Gasteiger partial charge in [0.25, 0.3) is 0 Å². The third-order valence-corrected chi connectivity index (χ3v) is 3.99. The van der Waals surface area contributed by atoms with E-state index in [-0.39, 0.29) is 5.56 Å². The highest BCUT2D eigenvalue weighted by Crippen LogP contribution is 2.21. The van der Waals surface area contributed by atoms with Crippen LogP contribution in [-0.2, 0) is 6.42 Å². The maximum Gasteiger partial charge on any atom is 0.339 e. The summed E-state index contributed by atoms with van der Waals surface area (Å²) in [4.78, 5) is 15.6. The molecule has 0 bridgehead atoms. The second kappa shape index (κ2) is 6.52. The molecule has 0 saturated carbocycles. The standard InChI is InChI=1S/C15H17NO3S/c1-10(2)14-16-11(9-20-14)7-8-19-13-6-4-3-5-12(13)15(17)18/h3-6,9-10H,7-8H2,1-2H3,(H,17,18). The molecular formula is C15H17NO3S. The van der Waals surface area contributed by atoms with Crippen molar-refractivity contribution in [2.45, 2.75) is 26.2 Å². The van der Waals surface area contributed by atoms with Crippen molar-refractivity contribution >= 4 is 17.3 Å². The molecule has 0 saturated heterocycles. The van der Waals surface area contributed by atoms with Crippen molar-refractivity contribution in [2.75, 3.05) is 6.61 Å². The van der Waals surface area contributed by atoms with E-state index in [1.807, 2.05) is 5.38 Å². The first-order valence-corrected chi connectivity index (χ1v) is 7.35. The van der Waals surface area contributed by atoms with E-state index in [1.54, 1.807) is 29.5 Å². The van der Waals surface area contributed by atoms with Crippen LogP contribution in [0.4, 0.5) is 0 Å². The number of aromatic nitrogens is 1. The van der Waals surface area contributed by atoms with Crippen molar-refractivity contribution in [3.05, 3.63) is 45.9 Å². The average Bonchev–Trinajstić information content (AvgIpc) is 2.88. The van der Waals surface area contributed by atoms with Crippen LogP contribution in [0.15, 0.2) is 29.6 Å². The van der Waals surface area contributed by atoms with Crippen LogP contribution in [0.5, 0.6) is 5.75 Å². The summed E-state index contributed by atoms with van der Waals surface area (Å²) in [5.74, 6) is -0.141. The van der Waals surface area contributed by atoms with Gasteiger partial charge in [-0.3, -0.25) is 0 Å². The van der Waals surface area contributed by atoms with Crippen LogP contribution in [0.25, 0.3) is 0 Å². The highest BCUT2D eigenvalue weighted by molar-refractivity contribution is 7.09. The predicted octanol–water partition coefficient (Wildman–Crippen LogP) is 3.59. The monoisotopic (exact) mass is 291 g/mol. The number of hydrogen-bond acceptors (Lipinski definition) is 4. The largest absolute Gasteiger partial charge is 0.492 e. The highest BCUT2D eigenvalue weighted by Gasteiger charge is 2.10. The molecule has 1 N–H and O–H groups in total. The number of nitrogens with zero attached hydrogens (tertiary/aromatic N) is 1. The summed E-state index contributed by atoms with van der Waals surface area (Å²) in [5, 5.41) is 12.2. The molecule has 0 spiro atoms. The molecule has 4 nitrogen and oxygen atoms in total. The van der Waals surface area contributed by atoms with Gasteiger partial charge in [0.05, 0.1) is 17.3 Å². The van der Waals surface area contributed by atoms with Gasteiger partial charge in [-0.15, -0.1) is 11.3 Å². The van der Waals surface area contributed by atoms with Crippen LogP contribution in [0, 0.1) is 0 Å². The first-order chi connectivity index (χ1) is 9.58. The Morgan fingerprint density at radius 2 is 2.15 bits per heavy atom. The molecule has 2 rings (SSSR count). The minimum Gasteiger partial charge on any atom is -0.492 e. The Morgan fingerprint density at radius 1 is 1.40 bits per heavy atom. The Hall–Kier alpha value is -1.88. The van der Waals surface area contributed by atoms with Crippen LogP contribution in [0.1, 0.15) is 40.8 Å². The first-order valence-electron chi connectivity index (χ1n) is 6.47. The molecule has 1 heterocycles. The first kappa shape index (κ1) is 14.5. The van der Waals surface area contributed by atoms with Gasteiger partial charge in [0.15, 0.2) is 0 Å². The van der Waals surface area contributed by atoms with E-state index in [9.17, 15) is 4.79 Å². The van der Waals surface area contributed by atoms with Gasteiger partial charge >= 0.3 is 5.97 Å². The molecule has 0 radical (unpaired) electrons. The molecule has 0 aliphatic rings. The van der Waals surface area contributed by atoms with E-state index in [1.165, 1.54) is 6.07 Å². The maximum absolute atomic E-state index is 11.0. The fraction of sp³-hybridized carbons (Fsp3) is 0.333. The van der Waals surface area contributed by atoms with Gasteiger partial charge in [0.1, 0.15) is 11.3 Å². The zero-order chi connectivity index (χ0) is 14.5. The van der Waals surface area contributed by atoms with Crippen LogP contribution >= 0.6 is 11.3 Å². The second-order valence-electron chi connectivity index (χ2n) is 4.73. The molecule has 0 fully saturated rings. The van der Waals surface area contributed by atoms with Gasteiger partial charge in [-0.1, -0.05) is 26.0 Å². The van der Waals surface area contributed by atoms with Crippen molar-refractivity contribution in [3.8, 4) is 5.75 Å². The van der Waals surface area contributed by atoms with Gasteiger partial charge in [-0.25, -0.2) is 9.78 Å². The van der Waals surface area contributed by atoms with Crippen molar-refractivity contribution in [1.29, 1.82) is 0 Å². The number of hydrogen-bond donors (Lipinski definition) is 1. The molecule has 0 amide bonds.